The van der Waals surface area contributed by atoms with Gasteiger partial charge in [-0.15, -0.1) is 0 Å². The smallest absolute Gasteiger partial charge is 0.0462 e. The van der Waals surface area contributed by atoms with Gasteiger partial charge in [-0.05, 0) is 120 Å². The standard InChI is InChI=1S/C40H34N2/c1-4-10-35(11-5-1)41-40-29-33-22-20-30-16-18-31(19-17-30)21-23-34(40)28-39(33)32-24-26-38(27-25-32)42(36-12-6-2-7-13-36)37-14-8-3-9-15-37/h1-19,24-29,41H,20-23H2. The maximum Gasteiger partial charge on any atom is 0.0462 e. The Labute approximate surface area is 248 Å². The average Bonchev–Trinajstić information content (AvgIpc) is 3.05. The van der Waals surface area contributed by atoms with E-state index >= 15 is 0 Å². The number of nitrogens with one attached hydrogen (secondary N) is 1. The SMILES string of the molecule is c1ccc(Nc2cc3c(-c4ccc(N(c5ccccc5)c5ccccc5)cc4)cc2CCc2ccc(cc2)CC3)cc1. The summed E-state index contributed by atoms with van der Waals surface area (Å²) in [6.07, 6.45) is 4.01. The van der Waals surface area contributed by atoms with Crippen LogP contribution in [0.5, 0.6) is 0 Å². The minimum Gasteiger partial charge on any atom is -0.355 e. The highest BCUT2D eigenvalue weighted by atomic mass is 15.1. The number of hydrogen-bond acceptors (Lipinski definition) is 2. The topological polar surface area (TPSA) is 15.3 Å². The molecule has 1 N–H and O–H groups in total. The third-order valence-electron chi connectivity index (χ3n) is 8.24. The lowest BCUT2D eigenvalue weighted by molar-refractivity contribution is 0.925. The van der Waals surface area contributed by atoms with Crippen LogP contribution in [0.25, 0.3) is 11.1 Å². The molecule has 0 aromatic heterocycles. The third-order valence-corrected chi connectivity index (χ3v) is 8.24. The molecule has 4 aliphatic carbocycles. The lowest BCUT2D eigenvalue weighted by Crippen LogP contribution is -2.09. The van der Waals surface area contributed by atoms with Gasteiger partial charge < -0.3 is 10.2 Å². The number of aryl methyl sites for hydroxylation is 4. The van der Waals surface area contributed by atoms with Gasteiger partial charge in [-0.3, -0.25) is 0 Å². The lowest BCUT2D eigenvalue weighted by Gasteiger charge is -2.26. The summed E-state index contributed by atoms with van der Waals surface area (Å²) in [4.78, 5) is 2.32. The van der Waals surface area contributed by atoms with Crippen LogP contribution in [0, 0.1) is 0 Å². The molecule has 0 fully saturated rings. The maximum absolute atomic E-state index is 3.74. The molecule has 0 saturated carbocycles. The van der Waals surface area contributed by atoms with Crippen molar-refractivity contribution in [1.29, 1.82) is 0 Å². The summed E-state index contributed by atoms with van der Waals surface area (Å²) in [5, 5.41) is 3.74. The molecular weight excluding hydrogens is 508 g/mol. The van der Waals surface area contributed by atoms with Gasteiger partial charge in [0.15, 0.2) is 0 Å². The molecule has 2 nitrogen and oxygen atoms in total. The molecule has 0 atom stereocenters. The zero-order chi connectivity index (χ0) is 28.1. The van der Waals surface area contributed by atoms with E-state index < -0.39 is 0 Å². The van der Waals surface area contributed by atoms with Gasteiger partial charge >= 0.3 is 0 Å². The molecule has 0 unspecified atom stereocenters. The fourth-order valence-corrected chi connectivity index (χ4v) is 5.99. The zero-order valence-corrected chi connectivity index (χ0v) is 23.7. The second-order valence-corrected chi connectivity index (χ2v) is 11.0. The van der Waals surface area contributed by atoms with E-state index in [0.29, 0.717) is 0 Å². The Hall–Kier alpha value is -5.08. The van der Waals surface area contributed by atoms with Crippen molar-refractivity contribution in [2.45, 2.75) is 25.7 Å². The van der Waals surface area contributed by atoms with Crippen molar-refractivity contribution in [3.63, 3.8) is 0 Å². The molecular formula is C40H34N2. The summed E-state index contributed by atoms with van der Waals surface area (Å²) in [5.74, 6) is 0. The highest BCUT2D eigenvalue weighted by molar-refractivity contribution is 5.80. The molecule has 0 amide bonds. The summed E-state index contributed by atoms with van der Waals surface area (Å²) >= 11 is 0. The van der Waals surface area contributed by atoms with Gasteiger partial charge in [-0.2, -0.15) is 0 Å². The van der Waals surface area contributed by atoms with Crippen LogP contribution in [-0.4, -0.2) is 0 Å². The van der Waals surface area contributed by atoms with Gasteiger partial charge in [0, 0.05) is 28.4 Å². The Kier molecular flexibility index (Phi) is 7.27. The average molecular weight is 543 g/mol. The molecule has 42 heavy (non-hydrogen) atoms. The van der Waals surface area contributed by atoms with Gasteiger partial charge in [0.1, 0.15) is 0 Å². The molecule has 0 aliphatic heterocycles. The summed E-state index contributed by atoms with van der Waals surface area (Å²) in [5.41, 5.74) is 13.9. The number of benzene rings is 6. The lowest BCUT2D eigenvalue weighted by atomic mass is 9.89. The first-order valence-corrected chi connectivity index (χ1v) is 14.9. The number of anilines is 5. The second kappa shape index (κ2) is 11.8. The Morgan fingerprint density at radius 2 is 0.929 bits per heavy atom. The first-order chi connectivity index (χ1) is 20.8. The first-order valence-electron chi connectivity index (χ1n) is 14.9. The number of hydrogen-bond donors (Lipinski definition) is 1. The van der Waals surface area contributed by atoms with Crippen molar-refractivity contribution >= 4 is 28.4 Å². The fourth-order valence-electron chi connectivity index (χ4n) is 5.99. The molecule has 0 spiro atoms. The Bertz CT molecular complexity index is 1720. The van der Waals surface area contributed by atoms with E-state index in [-0.39, 0.29) is 0 Å². The molecule has 4 aliphatic rings. The second-order valence-electron chi connectivity index (χ2n) is 11.0. The summed E-state index contributed by atoms with van der Waals surface area (Å²) in [7, 11) is 0. The van der Waals surface area contributed by atoms with E-state index in [1.165, 1.54) is 39.1 Å². The summed E-state index contributed by atoms with van der Waals surface area (Å²) in [6, 6.07) is 54.9. The van der Waals surface area contributed by atoms with Crippen LogP contribution in [0.2, 0.25) is 0 Å². The van der Waals surface area contributed by atoms with Crippen LogP contribution in [0.15, 0.2) is 152 Å². The number of nitrogens with zero attached hydrogens (tertiary/aromatic N) is 1. The van der Waals surface area contributed by atoms with E-state index in [1.807, 2.05) is 0 Å². The van der Waals surface area contributed by atoms with Gasteiger partial charge in [0.25, 0.3) is 0 Å². The molecule has 2 heteroatoms. The highest BCUT2D eigenvalue weighted by Gasteiger charge is 2.16. The van der Waals surface area contributed by atoms with Crippen LogP contribution in [0.4, 0.5) is 28.4 Å². The van der Waals surface area contributed by atoms with Crippen molar-refractivity contribution in [3.05, 3.63) is 174 Å². The molecule has 10 rings (SSSR count). The largest absolute Gasteiger partial charge is 0.355 e. The predicted molar refractivity (Wildman–Crippen MR) is 178 cm³/mol. The van der Waals surface area contributed by atoms with Crippen LogP contribution >= 0.6 is 0 Å². The molecule has 0 saturated heterocycles. The molecule has 204 valence electrons. The van der Waals surface area contributed by atoms with Crippen molar-refractivity contribution in [3.8, 4) is 11.1 Å². The molecule has 0 heterocycles. The van der Waals surface area contributed by atoms with Crippen molar-refractivity contribution in [1.82, 2.24) is 0 Å². The third kappa shape index (κ3) is 5.57. The molecule has 6 aromatic rings. The van der Waals surface area contributed by atoms with E-state index in [2.05, 4.69) is 162 Å². The van der Waals surface area contributed by atoms with E-state index in [4.69, 9.17) is 0 Å². The van der Waals surface area contributed by atoms with Crippen molar-refractivity contribution < 1.29 is 0 Å². The minimum atomic E-state index is 0.982. The maximum atomic E-state index is 3.74. The van der Waals surface area contributed by atoms with Gasteiger partial charge in [-0.1, -0.05) is 91.0 Å². The van der Waals surface area contributed by atoms with Gasteiger partial charge in [0.05, 0.1) is 0 Å². The predicted octanol–water partition coefficient (Wildman–Crippen LogP) is 10.5. The van der Waals surface area contributed by atoms with E-state index in [9.17, 15) is 0 Å². The van der Waals surface area contributed by atoms with E-state index in [0.717, 1.165) is 48.4 Å². The minimum absolute atomic E-state index is 0.982. The molecule has 0 radical (unpaired) electrons. The fraction of sp³-hybridized carbons (Fsp3) is 0.100. The Balaban J connectivity index is 1.29. The Morgan fingerprint density at radius 3 is 1.50 bits per heavy atom. The summed E-state index contributed by atoms with van der Waals surface area (Å²) in [6.45, 7) is 0. The Morgan fingerprint density at radius 1 is 0.429 bits per heavy atom. The van der Waals surface area contributed by atoms with Crippen LogP contribution in [-0.2, 0) is 25.7 Å². The van der Waals surface area contributed by atoms with E-state index in [1.54, 1.807) is 0 Å². The molecule has 6 aromatic carbocycles. The monoisotopic (exact) mass is 542 g/mol. The highest BCUT2D eigenvalue weighted by Crippen LogP contribution is 2.38. The summed E-state index contributed by atoms with van der Waals surface area (Å²) < 4.78 is 0. The van der Waals surface area contributed by atoms with Crippen molar-refractivity contribution in [2.24, 2.45) is 0 Å². The van der Waals surface area contributed by atoms with Crippen LogP contribution in [0.1, 0.15) is 22.3 Å². The number of rotatable bonds is 6. The van der Waals surface area contributed by atoms with Crippen LogP contribution < -0.4 is 10.2 Å². The van der Waals surface area contributed by atoms with Gasteiger partial charge in [-0.25, -0.2) is 0 Å². The molecule has 4 bridgehead atoms. The first kappa shape index (κ1) is 25.9. The van der Waals surface area contributed by atoms with Crippen LogP contribution in [0.3, 0.4) is 0 Å². The van der Waals surface area contributed by atoms with Crippen molar-refractivity contribution in [2.75, 3.05) is 10.2 Å². The number of para-hydroxylation sites is 3. The quantitative estimate of drug-likeness (QED) is 0.225. The zero-order valence-electron chi connectivity index (χ0n) is 23.7. The normalized spacial score (nSPS) is 12.4. The van der Waals surface area contributed by atoms with Gasteiger partial charge in [0.2, 0.25) is 0 Å².